The van der Waals surface area contributed by atoms with Gasteiger partial charge in [-0.2, -0.15) is 0 Å². The number of aryl methyl sites for hydroxylation is 1. The Balaban J connectivity index is 2.00. The Morgan fingerprint density at radius 1 is 1.11 bits per heavy atom. The Morgan fingerprint density at radius 2 is 1.89 bits per heavy atom. The maximum Gasteiger partial charge on any atom is 0.128 e. The molecule has 0 saturated heterocycles. The van der Waals surface area contributed by atoms with Crippen molar-refractivity contribution >= 4 is 11.5 Å². The molecule has 0 fully saturated rings. The minimum atomic E-state index is 0.829. The van der Waals surface area contributed by atoms with Gasteiger partial charge in [0.15, 0.2) is 0 Å². The van der Waals surface area contributed by atoms with Crippen LogP contribution in [-0.2, 0) is 6.54 Å². The summed E-state index contributed by atoms with van der Waals surface area (Å²) in [4.78, 5) is 6.37. The van der Waals surface area contributed by atoms with Crippen molar-refractivity contribution in [2.24, 2.45) is 0 Å². The van der Waals surface area contributed by atoms with Gasteiger partial charge in [-0.25, -0.2) is 4.98 Å². The van der Waals surface area contributed by atoms with Gasteiger partial charge in [0.05, 0.1) is 11.9 Å². The fraction of sp³-hybridized carbons (Fsp3) is 0.267. The number of anilines is 2. The third-order valence-corrected chi connectivity index (χ3v) is 2.95. The average Bonchev–Trinajstić information content (AvgIpc) is 2.38. The van der Waals surface area contributed by atoms with E-state index in [2.05, 4.69) is 47.6 Å². The van der Waals surface area contributed by atoms with E-state index in [0.29, 0.717) is 0 Å². The van der Waals surface area contributed by atoms with Gasteiger partial charge in [-0.05, 0) is 30.2 Å². The summed E-state index contributed by atoms with van der Waals surface area (Å²) in [6.07, 6.45) is 1.87. The van der Waals surface area contributed by atoms with Crippen LogP contribution in [0, 0.1) is 6.92 Å². The molecule has 2 aromatic rings. The van der Waals surface area contributed by atoms with Gasteiger partial charge in [0, 0.05) is 20.6 Å². The maximum absolute atomic E-state index is 4.38. The van der Waals surface area contributed by atoms with Crippen molar-refractivity contribution in [2.45, 2.75) is 13.5 Å². The predicted molar refractivity (Wildman–Crippen MR) is 77.1 cm³/mol. The van der Waals surface area contributed by atoms with E-state index in [4.69, 9.17) is 0 Å². The lowest BCUT2D eigenvalue weighted by Crippen LogP contribution is -2.10. The third-order valence-electron chi connectivity index (χ3n) is 2.95. The lowest BCUT2D eigenvalue weighted by atomic mass is 10.1. The van der Waals surface area contributed by atoms with Crippen LogP contribution in [0.2, 0.25) is 0 Å². The van der Waals surface area contributed by atoms with E-state index < -0.39 is 0 Å². The summed E-state index contributed by atoms with van der Waals surface area (Å²) in [6, 6.07) is 12.5. The van der Waals surface area contributed by atoms with Crippen LogP contribution in [0.4, 0.5) is 11.5 Å². The lowest BCUT2D eigenvalue weighted by molar-refractivity contribution is 1.06. The van der Waals surface area contributed by atoms with E-state index in [1.165, 1.54) is 11.1 Å². The summed E-state index contributed by atoms with van der Waals surface area (Å²) in [6.45, 7) is 2.96. The van der Waals surface area contributed by atoms with Gasteiger partial charge in [-0.3, -0.25) is 0 Å². The highest BCUT2D eigenvalue weighted by atomic mass is 15.1. The minimum Gasteiger partial charge on any atom is -0.380 e. The quantitative estimate of drug-likeness (QED) is 0.891. The molecule has 3 nitrogen and oxygen atoms in total. The molecular weight excluding hydrogens is 222 g/mol. The first-order valence-electron chi connectivity index (χ1n) is 6.08. The van der Waals surface area contributed by atoms with Crippen molar-refractivity contribution in [3.63, 3.8) is 0 Å². The maximum atomic E-state index is 4.38. The Bertz CT molecular complexity index is 503. The molecule has 3 heteroatoms. The molecule has 0 bridgehead atoms. The van der Waals surface area contributed by atoms with Crippen molar-refractivity contribution in [1.29, 1.82) is 0 Å². The first-order chi connectivity index (χ1) is 8.66. The van der Waals surface area contributed by atoms with E-state index in [0.717, 1.165) is 18.1 Å². The zero-order valence-corrected chi connectivity index (χ0v) is 11.1. The van der Waals surface area contributed by atoms with E-state index in [1.807, 2.05) is 31.3 Å². The van der Waals surface area contributed by atoms with Gasteiger partial charge in [0.1, 0.15) is 5.82 Å². The second kappa shape index (κ2) is 5.54. The van der Waals surface area contributed by atoms with Gasteiger partial charge < -0.3 is 10.2 Å². The monoisotopic (exact) mass is 241 g/mol. The number of benzene rings is 1. The van der Waals surface area contributed by atoms with Crippen LogP contribution in [0.15, 0.2) is 42.6 Å². The Hall–Kier alpha value is -2.03. The minimum absolute atomic E-state index is 0.829. The van der Waals surface area contributed by atoms with Crippen LogP contribution in [0.1, 0.15) is 11.1 Å². The fourth-order valence-electron chi connectivity index (χ4n) is 1.76. The standard InChI is InChI=1S/C15H19N3/c1-12-6-4-5-7-13(12)10-16-14-8-9-15(17-11-14)18(2)3/h4-9,11,16H,10H2,1-3H3. The number of hydrogen-bond acceptors (Lipinski definition) is 3. The summed E-state index contributed by atoms with van der Waals surface area (Å²) < 4.78 is 0. The number of hydrogen-bond donors (Lipinski definition) is 1. The zero-order chi connectivity index (χ0) is 13.0. The average molecular weight is 241 g/mol. The Morgan fingerprint density at radius 3 is 2.50 bits per heavy atom. The molecule has 1 heterocycles. The first kappa shape index (κ1) is 12.4. The molecule has 1 aromatic carbocycles. The van der Waals surface area contributed by atoms with Crippen molar-refractivity contribution in [3.05, 3.63) is 53.7 Å². The predicted octanol–water partition coefficient (Wildman–Crippen LogP) is 3.07. The molecule has 18 heavy (non-hydrogen) atoms. The fourth-order valence-corrected chi connectivity index (χ4v) is 1.76. The molecule has 1 aromatic heterocycles. The second-order valence-corrected chi connectivity index (χ2v) is 4.58. The SMILES string of the molecule is Cc1ccccc1CNc1ccc(N(C)C)nc1. The molecule has 94 valence electrons. The van der Waals surface area contributed by atoms with E-state index >= 15 is 0 Å². The van der Waals surface area contributed by atoms with Crippen LogP contribution < -0.4 is 10.2 Å². The van der Waals surface area contributed by atoms with Gasteiger partial charge in [0.2, 0.25) is 0 Å². The highest BCUT2D eigenvalue weighted by Gasteiger charge is 1.99. The molecule has 0 spiro atoms. The summed E-state index contributed by atoms with van der Waals surface area (Å²) >= 11 is 0. The van der Waals surface area contributed by atoms with Crippen molar-refractivity contribution in [2.75, 3.05) is 24.3 Å². The molecule has 0 radical (unpaired) electrons. The topological polar surface area (TPSA) is 28.2 Å². The summed E-state index contributed by atoms with van der Waals surface area (Å²) in [5.74, 6) is 0.969. The Labute approximate surface area is 108 Å². The molecule has 0 saturated carbocycles. The molecular formula is C15H19N3. The van der Waals surface area contributed by atoms with Crippen molar-refractivity contribution < 1.29 is 0 Å². The first-order valence-corrected chi connectivity index (χ1v) is 6.08. The molecule has 0 aliphatic carbocycles. The van der Waals surface area contributed by atoms with Gasteiger partial charge in [-0.1, -0.05) is 24.3 Å². The highest BCUT2D eigenvalue weighted by Crippen LogP contribution is 2.14. The molecule has 0 atom stereocenters. The van der Waals surface area contributed by atoms with Crippen LogP contribution in [-0.4, -0.2) is 19.1 Å². The largest absolute Gasteiger partial charge is 0.380 e. The summed E-state index contributed by atoms with van der Waals surface area (Å²) in [5.41, 5.74) is 3.67. The van der Waals surface area contributed by atoms with Gasteiger partial charge in [-0.15, -0.1) is 0 Å². The molecule has 1 N–H and O–H groups in total. The van der Waals surface area contributed by atoms with Crippen LogP contribution in [0.5, 0.6) is 0 Å². The van der Waals surface area contributed by atoms with Crippen LogP contribution in [0.25, 0.3) is 0 Å². The zero-order valence-electron chi connectivity index (χ0n) is 11.1. The number of aromatic nitrogens is 1. The number of rotatable bonds is 4. The van der Waals surface area contributed by atoms with E-state index in [1.54, 1.807) is 0 Å². The van der Waals surface area contributed by atoms with Crippen molar-refractivity contribution in [1.82, 2.24) is 4.98 Å². The van der Waals surface area contributed by atoms with Crippen molar-refractivity contribution in [3.8, 4) is 0 Å². The number of nitrogens with zero attached hydrogens (tertiary/aromatic N) is 2. The Kier molecular flexibility index (Phi) is 3.82. The molecule has 0 aliphatic rings. The highest BCUT2D eigenvalue weighted by molar-refractivity contribution is 5.48. The van der Waals surface area contributed by atoms with Crippen LogP contribution >= 0.6 is 0 Å². The number of pyridine rings is 1. The van der Waals surface area contributed by atoms with E-state index in [9.17, 15) is 0 Å². The van der Waals surface area contributed by atoms with Crippen LogP contribution in [0.3, 0.4) is 0 Å². The molecule has 0 unspecified atom stereocenters. The molecule has 0 amide bonds. The lowest BCUT2D eigenvalue weighted by Gasteiger charge is -2.12. The smallest absolute Gasteiger partial charge is 0.128 e. The third kappa shape index (κ3) is 3.00. The summed E-state index contributed by atoms with van der Waals surface area (Å²) in [7, 11) is 3.98. The van der Waals surface area contributed by atoms with Gasteiger partial charge in [0.25, 0.3) is 0 Å². The van der Waals surface area contributed by atoms with Gasteiger partial charge >= 0.3 is 0 Å². The normalized spacial score (nSPS) is 10.2. The molecule has 2 rings (SSSR count). The van der Waals surface area contributed by atoms with E-state index in [-0.39, 0.29) is 0 Å². The molecule has 0 aliphatic heterocycles. The summed E-state index contributed by atoms with van der Waals surface area (Å²) in [5, 5.41) is 3.39. The number of nitrogens with one attached hydrogen (secondary N) is 1. The second-order valence-electron chi connectivity index (χ2n) is 4.58.